The van der Waals surface area contributed by atoms with Crippen LogP contribution in [0.3, 0.4) is 0 Å². The van der Waals surface area contributed by atoms with Gasteiger partial charge in [-0.3, -0.25) is 9.59 Å². The summed E-state index contributed by atoms with van der Waals surface area (Å²) in [6.07, 6.45) is 0.588. The van der Waals surface area contributed by atoms with Crippen LogP contribution in [0, 0.1) is 18.8 Å². The molecule has 2 aliphatic rings. The van der Waals surface area contributed by atoms with E-state index >= 15 is 0 Å². The lowest BCUT2D eigenvalue weighted by Gasteiger charge is -2.07. The van der Waals surface area contributed by atoms with Crippen LogP contribution in [-0.4, -0.2) is 18.6 Å². The van der Waals surface area contributed by atoms with Gasteiger partial charge in [0.25, 0.3) is 0 Å². The molecule has 1 aliphatic carbocycles. The molecule has 6 nitrogen and oxygen atoms in total. The summed E-state index contributed by atoms with van der Waals surface area (Å²) in [6.45, 7) is 2.60. The minimum absolute atomic E-state index is 0.0907. The summed E-state index contributed by atoms with van der Waals surface area (Å²) in [4.78, 5) is 24.6. The third-order valence-corrected chi connectivity index (χ3v) is 4.65. The van der Waals surface area contributed by atoms with Crippen molar-refractivity contribution in [3.63, 3.8) is 0 Å². The fourth-order valence-corrected chi connectivity index (χ4v) is 3.10. The molecule has 1 saturated carbocycles. The van der Waals surface area contributed by atoms with E-state index in [-0.39, 0.29) is 30.4 Å². The number of ether oxygens (including phenoxy) is 2. The number of nitrogens with one attached hydrogen (secondary N) is 2. The summed E-state index contributed by atoms with van der Waals surface area (Å²) < 4.78 is 10.6. The molecule has 0 aromatic heterocycles. The van der Waals surface area contributed by atoms with E-state index in [0.29, 0.717) is 18.7 Å². The second-order valence-corrected chi connectivity index (χ2v) is 6.71. The zero-order valence-corrected chi connectivity index (χ0v) is 14.5. The average Bonchev–Trinajstić information content (AvgIpc) is 3.30. The molecule has 1 aliphatic heterocycles. The van der Waals surface area contributed by atoms with Crippen molar-refractivity contribution < 1.29 is 19.1 Å². The van der Waals surface area contributed by atoms with Crippen LogP contribution in [0.25, 0.3) is 0 Å². The Hall–Kier alpha value is -3.02. The number of amides is 2. The minimum atomic E-state index is -0.257. The number of hydrogen-bond donors (Lipinski definition) is 2. The smallest absolute Gasteiger partial charge is 0.231 e. The highest BCUT2D eigenvalue weighted by molar-refractivity contribution is 5.99. The molecule has 0 radical (unpaired) electrons. The first-order valence-corrected chi connectivity index (χ1v) is 8.64. The normalized spacial score (nSPS) is 19.7. The van der Waals surface area contributed by atoms with Gasteiger partial charge in [-0.2, -0.15) is 0 Å². The van der Waals surface area contributed by atoms with Gasteiger partial charge in [-0.05, 0) is 48.7 Å². The van der Waals surface area contributed by atoms with Crippen molar-refractivity contribution in [2.45, 2.75) is 19.9 Å². The van der Waals surface area contributed by atoms with Crippen LogP contribution in [-0.2, 0) is 16.1 Å². The number of carbonyl (C=O) groups is 2. The predicted octanol–water partition coefficient (Wildman–Crippen LogP) is 2.61. The van der Waals surface area contributed by atoms with Crippen LogP contribution in [0.2, 0.25) is 0 Å². The van der Waals surface area contributed by atoms with Crippen LogP contribution in [0.5, 0.6) is 11.5 Å². The zero-order valence-electron chi connectivity index (χ0n) is 14.5. The summed E-state index contributed by atoms with van der Waals surface area (Å²) in [7, 11) is 0. The molecular formula is C20H20N2O4. The Morgan fingerprint density at radius 1 is 1.04 bits per heavy atom. The molecule has 2 aromatic rings. The summed E-state index contributed by atoms with van der Waals surface area (Å²) >= 11 is 0. The van der Waals surface area contributed by atoms with E-state index in [9.17, 15) is 9.59 Å². The maximum Gasteiger partial charge on any atom is 0.231 e. The Bertz CT molecular complexity index is 865. The molecule has 0 spiro atoms. The van der Waals surface area contributed by atoms with Gasteiger partial charge in [0.1, 0.15) is 0 Å². The lowest BCUT2D eigenvalue weighted by Crippen LogP contribution is -2.27. The summed E-state index contributed by atoms with van der Waals surface area (Å²) in [5.74, 6) is 0.709. The van der Waals surface area contributed by atoms with Crippen molar-refractivity contribution >= 4 is 17.5 Å². The standard InChI is InChI=1S/C20H20N2O4/c1-12-3-2-4-14(7-12)22-20(24)16-9-15(16)19(23)21-10-13-5-6-17-18(8-13)26-11-25-17/h2-8,15-16H,9-11H2,1H3,(H,21,23)(H,22,24). The number of anilines is 1. The molecule has 134 valence electrons. The molecule has 1 heterocycles. The maximum absolute atomic E-state index is 12.3. The number of hydrogen-bond acceptors (Lipinski definition) is 4. The van der Waals surface area contributed by atoms with E-state index < -0.39 is 0 Å². The van der Waals surface area contributed by atoms with Gasteiger partial charge in [-0.15, -0.1) is 0 Å². The molecule has 2 atom stereocenters. The van der Waals surface area contributed by atoms with Gasteiger partial charge in [0.05, 0.1) is 11.8 Å². The molecule has 0 bridgehead atoms. The van der Waals surface area contributed by atoms with Crippen LogP contribution >= 0.6 is 0 Å². The minimum Gasteiger partial charge on any atom is -0.454 e. The SMILES string of the molecule is Cc1cccc(NC(=O)C2CC2C(=O)NCc2ccc3c(c2)OCO3)c1. The highest BCUT2D eigenvalue weighted by Gasteiger charge is 2.47. The average molecular weight is 352 g/mol. The summed E-state index contributed by atoms with van der Waals surface area (Å²) in [5, 5.41) is 5.78. The largest absolute Gasteiger partial charge is 0.454 e. The topological polar surface area (TPSA) is 76.7 Å². The van der Waals surface area contributed by atoms with Gasteiger partial charge in [0, 0.05) is 12.2 Å². The summed E-state index contributed by atoms with van der Waals surface area (Å²) in [5.41, 5.74) is 2.78. The number of carbonyl (C=O) groups excluding carboxylic acids is 2. The zero-order chi connectivity index (χ0) is 18.1. The van der Waals surface area contributed by atoms with Gasteiger partial charge in [0.2, 0.25) is 18.6 Å². The third kappa shape index (κ3) is 3.49. The molecular weight excluding hydrogens is 332 g/mol. The number of rotatable bonds is 5. The maximum atomic E-state index is 12.3. The first-order valence-electron chi connectivity index (χ1n) is 8.64. The van der Waals surface area contributed by atoms with E-state index in [1.807, 2.05) is 49.4 Å². The quantitative estimate of drug-likeness (QED) is 0.867. The van der Waals surface area contributed by atoms with Crippen molar-refractivity contribution in [3.05, 3.63) is 53.6 Å². The Morgan fingerprint density at radius 3 is 2.69 bits per heavy atom. The van der Waals surface area contributed by atoms with Crippen molar-refractivity contribution in [2.24, 2.45) is 11.8 Å². The van der Waals surface area contributed by atoms with Gasteiger partial charge < -0.3 is 20.1 Å². The number of aryl methyl sites for hydroxylation is 1. The lowest BCUT2D eigenvalue weighted by atomic mass is 10.2. The Morgan fingerprint density at radius 2 is 1.85 bits per heavy atom. The van der Waals surface area contributed by atoms with Crippen LogP contribution in [0.1, 0.15) is 17.5 Å². The molecule has 4 rings (SSSR count). The van der Waals surface area contributed by atoms with Crippen molar-refractivity contribution in [1.29, 1.82) is 0 Å². The second-order valence-electron chi connectivity index (χ2n) is 6.71. The van der Waals surface area contributed by atoms with Crippen molar-refractivity contribution in [3.8, 4) is 11.5 Å². The van der Waals surface area contributed by atoms with Gasteiger partial charge in [-0.1, -0.05) is 18.2 Å². The number of benzene rings is 2. The highest BCUT2D eigenvalue weighted by atomic mass is 16.7. The van der Waals surface area contributed by atoms with E-state index in [1.54, 1.807) is 0 Å². The van der Waals surface area contributed by atoms with Gasteiger partial charge in [0.15, 0.2) is 11.5 Å². The molecule has 2 amide bonds. The van der Waals surface area contributed by atoms with Crippen LogP contribution < -0.4 is 20.1 Å². The molecule has 0 saturated heterocycles. The lowest BCUT2D eigenvalue weighted by molar-refractivity contribution is -0.125. The molecule has 2 aromatic carbocycles. The van der Waals surface area contributed by atoms with E-state index in [4.69, 9.17) is 9.47 Å². The van der Waals surface area contributed by atoms with E-state index in [2.05, 4.69) is 10.6 Å². The highest BCUT2D eigenvalue weighted by Crippen LogP contribution is 2.39. The van der Waals surface area contributed by atoms with Gasteiger partial charge in [-0.25, -0.2) is 0 Å². The molecule has 2 unspecified atom stereocenters. The fourth-order valence-electron chi connectivity index (χ4n) is 3.10. The van der Waals surface area contributed by atoms with Crippen molar-refractivity contribution in [2.75, 3.05) is 12.1 Å². The second kappa shape index (κ2) is 6.71. The Kier molecular flexibility index (Phi) is 4.24. The van der Waals surface area contributed by atoms with E-state index in [0.717, 1.165) is 22.6 Å². The Labute approximate surface area is 151 Å². The number of fused-ring (bicyclic) bond motifs is 1. The summed E-state index contributed by atoms with van der Waals surface area (Å²) in [6, 6.07) is 13.2. The van der Waals surface area contributed by atoms with E-state index in [1.165, 1.54) is 0 Å². The molecule has 1 fully saturated rings. The third-order valence-electron chi connectivity index (χ3n) is 4.65. The van der Waals surface area contributed by atoms with Gasteiger partial charge >= 0.3 is 0 Å². The Balaban J connectivity index is 1.28. The molecule has 26 heavy (non-hydrogen) atoms. The first kappa shape index (κ1) is 16.4. The van der Waals surface area contributed by atoms with Crippen molar-refractivity contribution in [1.82, 2.24) is 5.32 Å². The molecule has 6 heteroatoms. The first-order chi connectivity index (χ1) is 12.6. The van der Waals surface area contributed by atoms with Crippen LogP contribution in [0.4, 0.5) is 5.69 Å². The predicted molar refractivity (Wildman–Crippen MR) is 95.8 cm³/mol. The van der Waals surface area contributed by atoms with Crippen LogP contribution in [0.15, 0.2) is 42.5 Å². The fraction of sp³-hybridized carbons (Fsp3) is 0.300. The molecule has 2 N–H and O–H groups in total. The monoisotopic (exact) mass is 352 g/mol.